The Morgan fingerprint density at radius 2 is 2.29 bits per heavy atom. The van der Waals surface area contributed by atoms with Gasteiger partial charge in [-0.05, 0) is 31.2 Å². The van der Waals surface area contributed by atoms with Gasteiger partial charge in [0.15, 0.2) is 0 Å². The van der Waals surface area contributed by atoms with Crippen LogP contribution in [0.4, 0.5) is 0 Å². The molecule has 0 saturated heterocycles. The van der Waals surface area contributed by atoms with Crippen molar-refractivity contribution in [3.8, 4) is 0 Å². The smallest absolute Gasteiger partial charge is 0.338 e. The standard InChI is InChI=1S/C14H15NO2/c1-3-9-17-14(16)12-5-6-13-11(10-12)7-8-15(13)4-2/h3,5-8,10H,1,4,9H2,2H3. The van der Waals surface area contributed by atoms with E-state index in [1.807, 2.05) is 24.4 Å². The van der Waals surface area contributed by atoms with Crippen molar-refractivity contribution in [3.63, 3.8) is 0 Å². The highest BCUT2D eigenvalue weighted by Gasteiger charge is 2.08. The Balaban J connectivity index is 2.31. The molecule has 1 heterocycles. The second-order valence-corrected chi connectivity index (χ2v) is 3.76. The predicted octanol–water partition coefficient (Wildman–Crippen LogP) is 3.00. The number of carbonyl (C=O) groups is 1. The second-order valence-electron chi connectivity index (χ2n) is 3.76. The lowest BCUT2D eigenvalue weighted by molar-refractivity contribution is 0.0550. The van der Waals surface area contributed by atoms with E-state index in [1.54, 1.807) is 12.1 Å². The molecule has 2 rings (SSSR count). The van der Waals surface area contributed by atoms with Gasteiger partial charge >= 0.3 is 5.97 Å². The average molecular weight is 229 g/mol. The van der Waals surface area contributed by atoms with Gasteiger partial charge in [0.25, 0.3) is 0 Å². The maximum atomic E-state index is 11.6. The predicted molar refractivity (Wildman–Crippen MR) is 68.1 cm³/mol. The zero-order valence-corrected chi connectivity index (χ0v) is 9.85. The van der Waals surface area contributed by atoms with Gasteiger partial charge in [0.1, 0.15) is 6.61 Å². The van der Waals surface area contributed by atoms with Crippen molar-refractivity contribution in [2.75, 3.05) is 6.61 Å². The van der Waals surface area contributed by atoms with Crippen LogP contribution in [0.5, 0.6) is 0 Å². The molecule has 0 fully saturated rings. The van der Waals surface area contributed by atoms with Crippen LogP contribution in [0.3, 0.4) is 0 Å². The molecule has 0 spiro atoms. The monoisotopic (exact) mass is 229 g/mol. The first-order valence-corrected chi connectivity index (χ1v) is 5.63. The third-order valence-electron chi connectivity index (χ3n) is 2.68. The largest absolute Gasteiger partial charge is 0.458 e. The zero-order valence-electron chi connectivity index (χ0n) is 9.85. The number of fused-ring (bicyclic) bond motifs is 1. The fourth-order valence-corrected chi connectivity index (χ4v) is 1.82. The van der Waals surface area contributed by atoms with Crippen LogP contribution >= 0.6 is 0 Å². The summed E-state index contributed by atoms with van der Waals surface area (Å²) >= 11 is 0. The van der Waals surface area contributed by atoms with Crippen molar-refractivity contribution >= 4 is 16.9 Å². The lowest BCUT2D eigenvalue weighted by Crippen LogP contribution is -2.04. The molecule has 3 heteroatoms. The summed E-state index contributed by atoms with van der Waals surface area (Å²) in [6.45, 7) is 6.76. The molecule has 0 bridgehead atoms. The van der Waals surface area contributed by atoms with Gasteiger partial charge in [-0.25, -0.2) is 4.79 Å². The van der Waals surface area contributed by atoms with Gasteiger partial charge in [-0.1, -0.05) is 12.7 Å². The van der Waals surface area contributed by atoms with Crippen molar-refractivity contribution in [1.82, 2.24) is 4.57 Å². The molecule has 0 aliphatic rings. The molecule has 0 radical (unpaired) electrons. The highest BCUT2D eigenvalue weighted by atomic mass is 16.5. The molecular formula is C14H15NO2. The first-order chi connectivity index (χ1) is 8.26. The Morgan fingerprint density at radius 1 is 1.47 bits per heavy atom. The van der Waals surface area contributed by atoms with Gasteiger partial charge in [0.05, 0.1) is 5.56 Å². The van der Waals surface area contributed by atoms with Crippen LogP contribution in [0.2, 0.25) is 0 Å². The van der Waals surface area contributed by atoms with Gasteiger partial charge in [-0.15, -0.1) is 0 Å². The maximum absolute atomic E-state index is 11.6. The lowest BCUT2D eigenvalue weighted by Gasteiger charge is -2.03. The summed E-state index contributed by atoms with van der Waals surface area (Å²) in [4.78, 5) is 11.6. The van der Waals surface area contributed by atoms with Crippen molar-refractivity contribution in [2.24, 2.45) is 0 Å². The number of rotatable bonds is 4. The van der Waals surface area contributed by atoms with Crippen LogP contribution < -0.4 is 0 Å². The number of hydrogen-bond donors (Lipinski definition) is 0. The van der Waals surface area contributed by atoms with E-state index in [0.717, 1.165) is 17.4 Å². The molecular weight excluding hydrogens is 214 g/mol. The first-order valence-electron chi connectivity index (χ1n) is 5.63. The van der Waals surface area contributed by atoms with E-state index >= 15 is 0 Å². The summed E-state index contributed by atoms with van der Waals surface area (Å²) in [6, 6.07) is 7.60. The van der Waals surface area contributed by atoms with Crippen LogP contribution in [-0.4, -0.2) is 17.1 Å². The van der Waals surface area contributed by atoms with Crippen LogP contribution in [0.25, 0.3) is 10.9 Å². The molecule has 0 aliphatic heterocycles. The molecule has 1 aromatic heterocycles. The van der Waals surface area contributed by atoms with Gasteiger partial charge in [-0.3, -0.25) is 0 Å². The zero-order chi connectivity index (χ0) is 12.3. The molecule has 17 heavy (non-hydrogen) atoms. The van der Waals surface area contributed by atoms with E-state index in [4.69, 9.17) is 4.74 Å². The maximum Gasteiger partial charge on any atom is 0.338 e. The number of aryl methyl sites for hydroxylation is 1. The molecule has 88 valence electrons. The van der Waals surface area contributed by atoms with Gasteiger partial charge in [0, 0.05) is 23.6 Å². The van der Waals surface area contributed by atoms with Crippen LogP contribution in [0.1, 0.15) is 17.3 Å². The van der Waals surface area contributed by atoms with Crippen LogP contribution in [-0.2, 0) is 11.3 Å². The van der Waals surface area contributed by atoms with E-state index < -0.39 is 0 Å². The van der Waals surface area contributed by atoms with Crippen molar-refractivity contribution in [3.05, 3.63) is 48.7 Å². The molecule has 0 amide bonds. The molecule has 0 saturated carbocycles. The first kappa shape index (κ1) is 11.5. The topological polar surface area (TPSA) is 31.2 Å². The fraction of sp³-hybridized carbons (Fsp3) is 0.214. The van der Waals surface area contributed by atoms with E-state index in [-0.39, 0.29) is 12.6 Å². The Morgan fingerprint density at radius 3 is 3.00 bits per heavy atom. The molecule has 3 nitrogen and oxygen atoms in total. The summed E-state index contributed by atoms with van der Waals surface area (Å²) in [5, 5.41) is 1.06. The molecule has 0 N–H and O–H groups in total. The number of ether oxygens (including phenoxy) is 1. The summed E-state index contributed by atoms with van der Waals surface area (Å²) in [5.74, 6) is -0.309. The van der Waals surface area contributed by atoms with E-state index in [2.05, 4.69) is 18.1 Å². The minimum absolute atomic E-state index is 0.243. The van der Waals surface area contributed by atoms with Crippen LogP contribution in [0, 0.1) is 0 Å². The molecule has 0 unspecified atom stereocenters. The Hall–Kier alpha value is -2.03. The fourth-order valence-electron chi connectivity index (χ4n) is 1.82. The van der Waals surface area contributed by atoms with Crippen LogP contribution in [0.15, 0.2) is 43.1 Å². The summed E-state index contributed by atoms with van der Waals surface area (Å²) in [7, 11) is 0. The number of hydrogen-bond acceptors (Lipinski definition) is 2. The van der Waals surface area contributed by atoms with E-state index in [9.17, 15) is 4.79 Å². The highest BCUT2D eigenvalue weighted by Crippen LogP contribution is 2.18. The van der Waals surface area contributed by atoms with Crippen molar-refractivity contribution in [1.29, 1.82) is 0 Å². The quantitative estimate of drug-likeness (QED) is 0.596. The molecule has 0 atom stereocenters. The number of esters is 1. The summed E-state index contributed by atoms with van der Waals surface area (Å²) in [5.41, 5.74) is 1.71. The molecule has 0 aliphatic carbocycles. The second kappa shape index (κ2) is 4.87. The number of carbonyl (C=O) groups excluding carboxylic acids is 1. The van der Waals surface area contributed by atoms with Gasteiger partial charge < -0.3 is 9.30 Å². The Kier molecular flexibility index (Phi) is 3.28. The van der Waals surface area contributed by atoms with Crippen molar-refractivity contribution in [2.45, 2.75) is 13.5 Å². The number of aromatic nitrogens is 1. The van der Waals surface area contributed by atoms with Gasteiger partial charge in [-0.2, -0.15) is 0 Å². The minimum Gasteiger partial charge on any atom is -0.458 e. The van der Waals surface area contributed by atoms with Gasteiger partial charge in [0.2, 0.25) is 0 Å². The Bertz CT molecular complexity index is 554. The lowest BCUT2D eigenvalue weighted by atomic mass is 10.1. The highest BCUT2D eigenvalue weighted by molar-refractivity contribution is 5.94. The van der Waals surface area contributed by atoms with E-state index in [1.165, 1.54) is 0 Å². The third kappa shape index (κ3) is 2.23. The summed E-state index contributed by atoms with van der Waals surface area (Å²) in [6.07, 6.45) is 3.58. The Labute approximate surface area is 100 Å². The minimum atomic E-state index is -0.309. The molecule has 2 aromatic rings. The SMILES string of the molecule is C=CCOC(=O)c1ccc2c(ccn2CC)c1. The molecule has 1 aromatic carbocycles. The number of nitrogens with zero attached hydrogens (tertiary/aromatic N) is 1. The normalized spacial score (nSPS) is 10.4. The average Bonchev–Trinajstić information content (AvgIpc) is 2.77. The third-order valence-corrected chi connectivity index (χ3v) is 2.68. The number of benzene rings is 1. The van der Waals surface area contributed by atoms with Crippen molar-refractivity contribution < 1.29 is 9.53 Å². The van der Waals surface area contributed by atoms with E-state index in [0.29, 0.717) is 5.56 Å². The summed E-state index contributed by atoms with van der Waals surface area (Å²) < 4.78 is 7.13.